The van der Waals surface area contributed by atoms with E-state index in [9.17, 15) is 9.59 Å². The highest BCUT2D eigenvalue weighted by Crippen LogP contribution is 2.27. The highest BCUT2D eigenvalue weighted by atomic mass is 16.5. The van der Waals surface area contributed by atoms with Crippen LogP contribution in [0.25, 0.3) is 10.9 Å². The summed E-state index contributed by atoms with van der Waals surface area (Å²) < 4.78 is 5.34. The molecule has 27 heavy (non-hydrogen) atoms. The van der Waals surface area contributed by atoms with E-state index in [0.29, 0.717) is 19.4 Å². The number of ether oxygens (including phenoxy) is 1. The van der Waals surface area contributed by atoms with Crippen molar-refractivity contribution in [2.45, 2.75) is 52.4 Å². The summed E-state index contributed by atoms with van der Waals surface area (Å²) in [4.78, 5) is 32.8. The van der Waals surface area contributed by atoms with Crippen LogP contribution < -0.4 is 4.74 Å². The monoisotopic (exact) mass is 368 g/mol. The van der Waals surface area contributed by atoms with Crippen molar-refractivity contribution in [3.63, 3.8) is 0 Å². The van der Waals surface area contributed by atoms with Crippen molar-refractivity contribution in [1.82, 2.24) is 4.98 Å². The maximum atomic E-state index is 12.4. The van der Waals surface area contributed by atoms with Gasteiger partial charge in [-0.15, -0.1) is 0 Å². The Morgan fingerprint density at radius 2 is 2.15 bits per heavy atom. The van der Waals surface area contributed by atoms with Gasteiger partial charge in [-0.3, -0.25) is 14.6 Å². The summed E-state index contributed by atoms with van der Waals surface area (Å²) >= 11 is 0. The van der Waals surface area contributed by atoms with Gasteiger partial charge in [0.25, 0.3) is 0 Å². The molecule has 1 aliphatic rings. The minimum absolute atomic E-state index is 0.0361. The van der Waals surface area contributed by atoms with E-state index >= 15 is 0 Å². The molecule has 0 saturated heterocycles. The minimum Gasteiger partial charge on any atom is -0.497 e. The maximum Gasteiger partial charge on any atom is 0.149 e. The number of nitrogens with zero attached hydrogens (tertiary/aromatic N) is 1. The van der Waals surface area contributed by atoms with Crippen molar-refractivity contribution in [2.75, 3.05) is 13.7 Å². The van der Waals surface area contributed by atoms with Crippen molar-refractivity contribution < 1.29 is 14.3 Å². The van der Waals surface area contributed by atoms with Gasteiger partial charge in [-0.1, -0.05) is 6.92 Å². The van der Waals surface area contributed by atoms with Crippen molar-refractivity contribution in [2.24, 2.45) is 10.9 Å². The molecule has 0 radical (unpaired) electrons. The molecular formula is C22H28N2O3. The van der Waals surface area contributed by atoms with E-state index < -0.39 is 5.92 Å². The summed E-state index contributed by atoms with van der Waals surface area (Å²) in [6, 6.07) is 6.01. The molecule has 0 spiro atoms. The molecule has 2 aromatic rings. The number of aliphatic imine (C=N–C) groups is 1. The molecule has 0 unspecified atom stereocenters. The maximum absolute atomic E-state index is 12.4. The molecule has 1 heterocycles. The Morgan fingerprint density at radius 1 is 1.33 bits per heavy atom. The number of aromatic nitrogens is 1. The molecule has 1 aliphatic carbocycles. The number of H-pyrrole nitrogens is 1. The number of hydrogen-bond donors (Lipinski definition) is 1. The quantitative estimate of drug-likeness (QED) is 0.744. The third-order valence-corrected chi connectivity index (χ3v) is 5.33. The summed E-state index contributed by atoms with van der Waals surface area (Å²) in [5.41, 5.74) is 4.21. The van der Waals surface area contributed by atoms with E-state index in [0.717, 1.165) is 53.7 Å². The summed E-state index contributed by atoms with van der Waals surface area (Å²) in [5, 5.41) is 1.14. The third-order valence-electron chi connectivity index (χ3n) is 5.33. The van der Waals surface area contributed by atoms with Gasteiger partial charge >= 0.3 is 0 Å². The van der Waals surface area contributed by atoms with Crippen LogP contribution in [0.2, 0.25) is 0 Å². The second kappa shape index (κ2) is 8.51. The number of fused-ring (bicyclic) bond motifs is 1. The average molecular weight is 368 g/mol. The number of Topliss-reactive ketones (excluding diaryl/α,β-unsaturated/α-hetero) is 2. The van der Waals surface area contributed by atoms with Crippen molar-refractivity contribution in [3.8, 4) is 5.75 Å². The number of methoxy groups -OCH3 is 1. The molecule has 0 amide bonds. The molecule has 0 aliphatic heterocycles. The normalized spacial score (nSPS) is 19.0. The summed E-state index contributed by atoms with van der Waals surface area (Å²) in [7, 11) is 1.67. The molecule has 0 bridgehead atoms. The largest absolute Gasteiger partial charge is 0.497 e. The van der Waals surface area contributed by atoms with E-state index in [-0.39, 0.29) is 11.6 Å². The van der Waals surface area contributed by atoms with E-state index in [1.54, 1.807) is 7.11 Å². The lowest BCUT2D eigenvalue weighted by molar-refractivity contribution is -0.130. The fraction of sp³-hybridized carbons (Fsp3) is 0.500. The average Bonchev–Trinajstić information content (AvgIpc) is 2.96. The number of rotatable bonds is 7. The highest BCUT2D eigenvalue weighted by molar-refractivity contribution is 6.22. The van der Waals surface area contributed by atoms with Gasteiger partial charge in [-0.25, -0.2) is 0 Å². The van der Waals surface area contributed by atoms with Crippen LogP contribution in [-0.2, 0) is 16.0 Å². The van der Waals surface area contributed by atoms with Crippen LogP contribution in [0.5, 0.6) is 5.75 Å². The topological polar surface area (TPSA) is 71.5 Å². The number of ketones is 2. The van der Waals surface area contributed by atoms with Crippen molar-refractivity contribution in [3.05, 3.63) is 29.5 Å². The van der Waals surface area contributed by atoms with Gasteiger partial charge < -0.3 is 9.72 Å². The Morgan fingerprint density at radius 3 is 2.89 bits per heavy atom. The second-order valence-electron chi connectivity index (χ2n) is 7.23. The van der Waals surface area contributed by atoms with E-state index in [2.05, 4.69) is 11.9 Å². The van der Waals surface area contributed by atoms with Crippen LogP contribution in [-0.4, -0.2) is 35.9 Å². The smallest absolute Gasteiger partial charge is 0.149 e. The number of nitrogens with one attached hydrogen (secondary N) is 1. The first kappa shape index (κ1) is 19.3. The van der Waals surface area contributed by atoms with Crippen LogP contribution in [0.3, 0.4) is 0 Å². The number of hydrogen-bond acceptors (Lipinski definition) is 4. The molecule has 1 aromatic heterocycles. The highest BCUT2D eigenvalue weighted by Gasteiger charge is 2.33. The molecule has 1 aromatic carbocycles. The number of aromatic amines is 1. The molecular weight excluding hydrogens is 340 g/mol. The molecule has 1 N–H and O–H groups in total. The molecule has 1 saturated carbocycles. The van der Waals surface area contributed by atoms with Crippen LogP contribution in [0.4, 0.5) is 0 Å². The molecule has 1 atom stereocenters. The molecule has 1 fully saturated rings. The van der Waals surface area contributed by atoms with Gasteiger partial charge in [0.15, 0.2) is 0 Å². The van der Waals surface area contributed by atoms with E-state index in [1.807, 2.05) is 25.1 Å². The number of carbonyl (C=O) groups is 2. The lowest BCUT2D eigenvalue weighted by atomic mass is 9.82. The first-order valence-corrected chi connectivity index (χ1v) is 9.79. The standard InChI is InChI=1S/C22H28N2O3/c1-4-6-20(25)22-19(7-5-8-21(22)26)23-12-11-16-14(2)24-18-10-9-15(27-3)13-17(16)18/h9-10,13,22,24H,4-8,11-12H2,1-3H3/t22-/m1/s1. The van der Waals surface area contributed by atoms with Crippen LogP contribution >= 0.6 is 0 Å². The number of carbonyl (C=O) groups excluding carboxylic acids is 2. The van der Waals surface area contributed by atoms with Crippen LogP contribution in [0.15, 0.2) is 23.2 Å². The van der Waals surface area contributed by atoms with Gasteiger partial charge in [0.1, 0.15) is 23.2 Å². The fourth-order valence-electron chi connectivity index (χ4n) is 3.97. The van der Waals surface area contributed by atoms with Crippen molar-refractivity contribution >= 4 is 28.2 Å². The van der Waals surface area contributed by atoms with Crippen molar-refractivity contribution in [1.29, 1.82) is 0 Å². The molecule has 3 rings (SSSR count). The van der Waals surface area contributed by atoms with Gasteiger partial charge in [0.05, 0.1) is 7.11 Å². The van der Waals surface area contributed by atoms with Crippen LogP contribution in [0, 0.1) is 12.8 Å². The third kappa shape index (κ3) is 4.12. The number of aryl methyl sites for hydroxylation is 1. The van der Waals surface area contributed by atoms with Gasteiger partial charge in [-0.2, -0.15) is 0 Å². The molecule has 5 heteroatoms. The predicted molar refractivity (Wildman–Crippen MR) is 108 cm³/mol. The minimum atomic E-state index is -0.595. The first-order valence-electron chi connectivity index (χ1n) is 9.79. The Bertz CT molecular complexity index is 879. The Labute approximate surface area is 160 Å². The number of benzene rings is 1. The first-order chi connectivity index (χ1) is 13.0. The lowest BCUT2D eigenvalue weighted by Crippen LogP contribution is -2.35. The lowest BCUT2D eigenvalue weighted by Gasteiger charge is -2.22. The van der Waals surface area contributed by atoms with E-state index in [4.69, 9.17) is 9.73 Å². The second-order valence-corrected chi connectivity index (χ2v) is 7.23. The Kier molecular flexibility index (Phi) is 6.09. The summed E-state index contributed by atoms with van der Waals surface area (Å²) in [6.45, 7) is 4.62. The zero-order valence-corrected chi connectivity index (χ0v) is 16.4. The molecule has 144 valence electrons. The Balaban J connectivity index is 1.79. The fourth-order valence-corrected chi connectivity index (χ4v) is 3.97. The van der Waals surface area contributed by atoms with Gasteiger partial charge in [0, 0.05) is 41.7 Å². The zero-order chi connectivity index (χ0) is 19.4. The molecule has 5 nitrogen and oxygen atoms in total. The van der Waals surface area contributed by atoms with Gasteiger partial charge in [-0.05, 0) is 56.4 Å². The van der Waals surface area contributed by atoms with Gasteiger partial charge in [0.2, 0.25) is 0 Å². The summed E-state index contributed by atoms with van der Waals surface area (Å²) in [6.07, 6.45) is 4.05. The zero-order valence-electron chi connectivity index (χ0n) is 16.4. The Hall–Kier alpha value is -2.43. The summed E-state index contributed by atoms with van der Waals surface area (Å²) in [5.74, 6) is 0.320. The van der Waals surface area contributed by atoms with Crippen LogP contribution in [0.1, 0.15) is 50.3 Å². The van der Waals surface area contributed by atoms with E-state index in [1.165, 1.54) is 5.56 Å². The predicted octanol–water partition coefficient (Wildman–Crippen LogP) is 4.21. The SMILES string of the molecule is CCCC(=O)[C@@H]1C(=O)CCCC1=NCCc1c(C)[nH]c2ccc(OC)cc12.